The van der Waals surface area contributed by atoms with Crippen molar-refractivity contribution in [2.75, 3.05) is 13.6 Å². The van der Waals surface area contributed by atoms with Crippen LogP contribution in [0.1, 0.15) is 32.6 Å². The van der Waals surface area contributed by atoms with Gasteiger partial charge >= 0.3 is 0 Å². The average molecular weight is 207 g/mol. The van der Waals surface area contributed by atoms with Gasteiger partial charge in [-0.05, 0) is 25.2 Å². The van der Waals surface area contributed by atoms with Gasteiger partial charge in [-0.2, -0.15) is 0 Å². The molecule has 2 heteroatoms. The van der Waals surface area contributed by atoms with E-state index in [2.05, 4.69) is 24.3 Å². The maximum Gasteiger partial charge on any atom is 0.222 e. The largest absolute Gasteiger partial charge is 0.342 e. The summed E-state index contributed by atoms with van der Waals surface area (Å²) in [4.78, 5) is 13.0. The third-order valence-electron chi connectivity index (χ3n) is 2.83. The van der Waals surface area contributed by atoms with E-state index in [0.29, 0.717) is 12.3 Å². The van der Waals surface area contributed by atoms with Gasteiger partial charge in [0.25, 0.3) is 0 Å². The van der Waals surface area contributed by atoms with E-state index in [1.165, 1.54) is 12.8 Å². The minimum atomic E-state index is 0.211. The van der Waals surface area contributed by atoms with E-state index in [0.717, 1.165) is 13.0 Å². The number of carbonyl (C=O) groups excluding carboxylic acids is 1. The first-order chi connectivity index (χ1) is 7.24. The fourth-order valence-corrected chi connectivity index (χ4v) is 1.77. The third-order valence-corrected chi connectivity index (χ3v) is 2.83. The first-order valence-corrected chi connectivity index (χ1v) is 5.79. The maximum absolute atomic E-state index is 11.3. The zero-order chi connectivity index (χ0) is 11.1. The molecule has 1 amide bonds. The Bertz CT molecular complexity index is 255. The molecule has 15 heavy (non-hydrogen) atoms. The quantitative estimate of drug-likeness (QED) is 0.649. The van der Waals surface area contributed by atoms with Crippen molar-refractivity contribution in [3.63, 3.8) is 0 Å². The molecular weight excluding hydrogens is 186 g/mol. The highest BCUT2D eigenvalue weighted by Crippen LogP contribution is 2.18. The first-order valence-electron chi connectivity index (χ1n) is 5.79. The smallest absolute Gasteiger partial charge is 0.222 e. The Morgan fingerprint density at radius 3 is 2.93 bits per heavy atom. The Balaban J connectivity index is 2.26. The molecule has 1 rings (SSSR count). The fourth-order valence-electron chi connectivity index (χ4n) is 1.77. The number of carbonyl (C=O) groups is 1. The lowest BCUT2D eigenvalue weighted by Crippen LogP contribution is -2.25. The van der Waals surface area contributed by atoms with Crippen LogP contribution in [0.5, 0.6) is 0 Å². The molecule has 0 spiro atoms. The summed E-state index contributed by atoms with van der Waals surface area (Å²) in [5.41, 5.74) is 0. The SMILES string of the molecule is CCC(=O)N(C)C/C=C/C1CC=CCC1. The van der Waals surface area contributed by atoms with Crippen LogP contribution >= 0.6 is 0 Å². The molecule has 0 heterocycles. The van der Waals surface area contributed by atoms with Crippen molar-refractivity contribution in [2.45, 2.75) is 32.6 Å². The molecule has 0 saturated heterocycles. The van der Waals surface area contributed by atoms with Crippen LogP contribution in [0.3, 0.4) is 0 Å². The summed E-state index contributed by atoms with van der Waals surface area (Å²) in [6.45, 7) is 2.64. The van der Waals surface area contributed by atoms with Gasteiger partial charge in [-0.25, -0.2) is 0 Å². The van der Waals surface area contributed by atoms with Gasteiger partial charge in [0.2, 0.25) is 5.91 Å². The molecule has 0 aliphatic heterocycles. The van der Waals surface area contributed by atoms with Gasteiger partial charge in [0.15, 0.2) is 0 Å². The predicted molar refractivity (Wildman–Crippen MR) is 63.5 cm³/mol. The van der Waals surface area contributed by atoms with E-state index in [9.17, 15) is 4.79 Å². The van der Waals surface area contributed by atoms with Gasteiger partial charge in [-0.15, -0.1) is 0 Å². The number of rotatable bonds is 4. The van der Waals surface area contributed by atoms with Gasteiger partial charge in [0, 0.05) is 20.0 Å². The number of allylic oxidation sites excluding steroid dienone is 3. The van der Waals surface area contributed by atoms with Crippen LogP contribution < -0.4 is 0 Å². The molecular formula is C13H21NO. The zero-order valence-corrected chi connectivity index (χ0v) is 9.78. The van der Waals surface area contributed by atoms with Crippen LogP contribution in [0, 0.1) is 5.92 Å². The molecule has 0 aromatic rings. The van der Waals surface area contributed by atoms with E-state index in [4.69, 9.17) is 0 Å². The molecule has 1 aliphatic rings. The predicted octanol–water partition coefficient (Wildman–Crippen LogP) is 2.77. The highest BCUT2D eigenvalue weighted by atomic mass is 16.2. The van der Waals surface area contributed by atoms with Crippen LogP contribution in [0.4, 0.5) is 0 Å². The molecule has 1 aliphatic carbocycles. The number of likely N-dealkylation sites (N-methyl/N-ethyl adjacent to an activating group) is 1. The molecule has 2 nitrogen and oxygen atoms in total. The second-order valence-corrected chi connectivity index (χ2v) is 4.10. The fraction of sp³-hybridized carbons (Fsp3) is 0.615. The molecule has 1 atom stereocenters. The highest BCUT2D eigenvalue weighted by molar-refractivity contribution is 5.75. The Morgan fingerprint density at radius 1 is 1.53 bits per heavy atom. The van der Waals surface area contributed by atoms with Crippen molar-refractivity contribution in [1.29, 1.82) is 0 Å². The summed E-state index contributed by atoms with van der Waals surface area (Å²) in [6.07, 6.45) is 13.1. The van der Waals surface area contributed by atoms with Crippen LogP contribution in [-0.4, -0.2) is 24.4 Å². The summed E-state index contributed by atoms with van der Waals surface area (Å²) < 4.78 is 0. The number of hydrogen-bond acceptors (Lipinski definition) is 1. The third kappa shape index (κ3) is 4.32. The minimum Gasteiger partial charge on any atom is -0.342 e. The molecule has 0 saturated carbocycles. The molecule has 0 radical (unpaired) electrons. The van der Waals surface area contributed by atoms with E-state index < -0.39 is 0 Å². The molecule has 0 aromatic carbocycles. The summed E-state index contributed by atoms with van der Waals surface area (Å²) >= 11 is 0. The van der Waals surface area contributed by atoms with Crippen molar-refractivity contribution < 1.29 is 4.79 Å². The maximum atomic E-state index is 11.3. The lowest BCUT2D eigenvalue weighted by atomic mass is 9.94. The van der Waals surface area contributed by atoms with Crippen LogP contribution in [0.2, 0.25) is 0 Å². The summed E-state index contributed by atoms with van der Waals surface area (Å²) in [6, 6.07) is 0. The Morgan fingerprint density at radius 2 is 2.33 bits per heavy atom. The van der Waals surface area contributed by atoms with Crippen molar-refractivity contribution in [3.8, 4) is 0 Å². The Labute approximate surface area is 92.7 Å². The highest BCUT2D eigenvalue weighted by Gasteiger charge is 2.06. The van der Waals surface area contributed by atoms with Crippen LogP contribution in [0.25, 0.3) is 0 Å². The lowest BCUT2D eigenvalue weighted by Gasteiger charge is -2.15. The van der Waals surface area contributed by atoms with Gasteiger partial charge in [0.1, 0.15) is 0 Å². The lowest BCUT2D eigenvalue weighted by molar-refractivity contribution is -0.129. The van der Waals surface area contributed by atoms with Gasteiger partial charge in [0.05, 0.1) is 0 Å². The molecule has 0 fully saturated rings. The second-order valence-electron chi connectivity index (χ2n) is 4.10. The minimum absolute atomic E-state index is 0.211. The molecule has 84 valence electrons. The molecule has 1 unspecified atom stereocenters. The molecule has 0 bridgehead atoms. The monoisotopic (exact) mass is 207 g/mol. The van der Waals surface area contributed by atoms with E-state index in [1.807, 2.05) is 14.0 Å². The summed E-state index contributed by atoms with van der Waals surface area (Å²) in [7, 11) is 1.86. The van der Waals surface area contributed by atoms with Gasteiger partial charge in [-0.1, -0.05) is 31.2 Å². The summed E-state index contributed by atoms with van der Waals surface area (Å²) in [5.74, 6) is 0.892. The topological polar surface area (TPSA) is 20.3 Å². The number of hydrogen-bond donors (Lipinski definition) is 0. The summed E-state index contributed by atoms with van der Waals surface area (Å²) in [5, 5.41) is 0. The molecule has 0 N–H and O–H groups in total. The van der Waals surface area contributed by atoms with Crippen molar-refractivity contribution >= 4 is 5.91 Å². The Hall–Kier alpha value is -1.05. The average Bonchev–Trinajstić information content (AvgIpc) is 2.29. The van der Waals surface area contributed by atoms with Crippen LogP contribution in [-0.2, 0) is 4.79 Å². The molecule has 0 aromatic heterocycles. The van der Waals surface area contributed by atoms with Crippen LogP contribution in [0.15, 0.2) is 24.3 Å². The van der Waals surface area contributed by atoms with Crippen molar-refractivity contribution in [3.05, 3.63) is 24.3 Å². The second kappa shape index (κ2) is 6.44. The zero-order valence-electron chi connectivity index (χ0n) is 9.78. The number of nitrogens with zero attached hydrogens (tertiary/aromatic N) is 1. The van der Waals surface area contributed by atoms with Gasteiger partial charge < -0.3 is 4.90 Å². The van der Waals surface area contributed by atoms with Crippen molar-refractivity contribution in [2.24, 2.45) is 5.92 Å². The van der Waals surface area contributed by atoms with E-state index in [-0.39, 0.29) is 5.91 Å². The Kier molecular flexibility index (Phi) is 5.16. The number of amides is 1. The first kappa shape index (κ1) is 12.0. The normalized spacial score (nSPS) is 20.8. The van der Waals surface area contributed by atoms with Crippen molar-refractivity contribution in [1.82, 2.24) is 4.90 Å². The van der Waals surface area contributed by atoms with E-state index >= 15 is 0 Å². The van der Waals surface area contributed by atoms with E-state index in [1.54, 1.807) is 4.90 Å². The standard InChI is InChI=1S/C13H21NO/c1-3-13(15)14(2)11-7-10-12-8-5-4-6-9-12/h4-5,7,10,12H,3,6,8-9,11H2,1-2H3/b10-7+. The van der Waals surface area contributed by atoms with Gasteiger partial charge in [-0.3, -0.25) is 4.79 Å².